The summed E-state index contributed by atoms with van der Waals surface area (Å²) in [6.07, 6.45) is 1.63. The molecule has 1 aliphatic heterocycles. The van der Waals surface area contributed by atoms with Crippen LogP contribution in [-0.2, 0) is 9.53 Å². The van der Waals surface area contributed by atoms with Gasteiger partial charge in [0.15, 0.2) is 0 Å². The van der Waals surface area contributed by atoms with Gasteiger partial charge in [0.2, 0.25) is 0 Å². The first-order chi connectivity index (χ1) is 16.0. The van der Waals surface area contributed by atoms with Crippen LogP contribution >= 0.6 is 11.6 Å². The van der Waals surface area contributed by atoms with E-state index in [2.05, 4.69) is 39.0 Å². The maximum absolute atomic E-state index is 12.7. The summed E-state index contributed by atoms with van der Waals surface area (Å²) >= 11 is 5.98. The second-order valence-corrected chi connectivity index (χ2v) is 8.35. The van der Waals surface area contributed by atoms with E-state index in [1.54, 1.807) is 30.3 Å². The Morgan fingerprint density at radius 3 is 2.45 bits per heavy atom. The topological polar surface area (TPSA) is 70.3 Å². The number of carbonyl (C=O) groups excluding carboxylic acids is 1. The van der Waals surface area contributed by atoms with Crippen molar-refractivity contribution in [3.05, 3.63) is 82.1 Å². The fourth-order valence-electron chi connectivity index (χ4n) is 4.03. The first-order valence-electron chi connectivity index (χ1n) is 10.8. The molecule has 7 heteroatoms. The van der Waals surface area contributed by atoms with Crippen molar-refractivity contribution < 1.29 is 9.53 Å². The van der Waals surface area contributed by atoms with E-state index in [0.29, 0.717) is 10.7 Å². The number of aryl methyl sites for hydroxylation is 1. The monoisotopic (exact) mass is 460 g/mol. The van der Waals surface area contributed by atoms with E-state index in [1.165, 1.54) is 5.69 Å². The zero-order valence-corrected chi connectivity index (χ0v) is 19.4. The van der Waals surface area contributed by atoms with Crippen LogP contribution in [0.15, 0.2) is 60.2 Å². The number of hydrogen-bond acceptors (Lipinski definition) is 4. The van der Waals surface area contributed by atoms with Crippen molar-refractivity contribution in [3.63, 3.8) is 0 Å². The van der Waals surface area contributed by atoms with Gasteiger partial charge in [0, 0.05) is 46.6 Å². The number of carbonyl (C=O) groups is 1. The van der Waals surface area contributed by atoms with Crippen molar-refractivity contribution in [2.24, 2.45) is 0 Å². The SMILES string of the molecule is Cc1cc(/C=C(/C#N)C(=O)Nc2cccc(Cl)c2)c(C)n1-c1ccc(N2CCOCC2)cc1. The molecular weight excluding hydrogens is 436 g/mol. The van der Waals surface area contributed by atoms with Gasteiger partial charge in [0.25, 0.3) is 5.91 Å². The number of ether oxygens (including phenoxy) is 1. The lowest BCUT2D eigenvalue weighted by Gasteiger charge is -2.29. The van der Waals surface area contributed by atoms with Gasteiger partial charge in [-0.3, -0.25) is 4.79 Å². The predicted molar refractivity (Wildman–Crippen MR) is 132 cm³/mol. The summed E-state index contributed by atoms with van der Waals surface area (Å²) in [6, 6.07) is 19.3. The van der Waals surface area contributed by atoms with Crippen LogP contribution in [0.3, 0.4) is 0 Å². The number of anilines is 2. The number of nitriles is 1. The van der Waals surface area contributed by atoms with E-state index in [9.17, 15) is 10.1 Å². The third-order valence-electron chi connectivity index (χ3n) is 5.70. The van der Waals surface area contributed by atoms with Crippen LogP contribution in [0.1, 0.15) is 17.0 Å². The van der Waals surface area contributed by atoms with E-state index in [1.807, 2.05) is 26.0 Å². The zero-order valence-electron chi connectivity index (χ0n) is 18.6. The molecule has 0 bridgehead atoms. The standard InChI is InChI=1S/C26H25ClN4O2/c1-18-14-20(15-21(17-28)26(32)29-23-5-3-4-22(27)16-23)19(2)31(18)25-8-6-24(7-9-25)30-10-12-33-13-11-30/h3-9,14-16H,10-13H2,1-2H3,(H,29,32)/b21-15-. The molecule has 1 saturated heterocycles. The van der Waals surface area contributed by atoms with Crippen LogP contribution in [0.5, 0.6) is 0 Å². The molecule has 33 heavy (non-hydrogen) atoms. The second kappa shape index (κ2) is 9.95. The molecule has 0 unspecified atom stereocenters. The molecule has 0 saturated carbocycles. The molecule has 1 aliphatic rings. The molecule has 0 aliphatic carbocycles. The summed E-state index contributed by atoms with van der Waals surface area (Å²) in [6.45, 7) is 7.28. The maximum Gasteiger partial charge on any atom is 0.266 e. The number of morpholine rings is 1. The molecule has 6 nitrogen and oxygen atoms in total. The van der Waals surface area contributed by atoms with Crippen LogP contribution in [0.4, 0.5) is 11.4 Å². The average Bonchev–Trinajstić information content (AvgIpc) is 3.10. The van der Waals surface area contributed by atoms with E-state index < -0.39 is 5.91 Å². The highest BCUT2D eigenvalue weighted by molar-refractivity contribution is 6.31. The highest BCUT2D eigenvalue weighted by atomic mass is 35.5. The molecule has 3 aromatic rings. The molecule has 2 aromatic carbocycles. The molecule has 1 amide bonds. The molecule has 4 rings (SSSR count). The predicted octanol–water partition coefficient (Wildman–Crippen LogP) is 5.13. The van der Waals surface area contributed by atoms with Crippen molar-refractivity contribution in [3.8, 4) is 11.8 Å². The first-order valence-corrected chi connectivity index (χ1v) is 11.1. The highest BCUT2D eigenvalue weighted by Crippen LogP contribution is 2.25. The molecule has 1 N–H and O–H groups in total. The zero-order chi connectivity index (χ0) is 23.4. The summed E-state index contributed by atoms with van der Waals surface area (Å²) in [5.74, 6) is -0.473. The molecule has 1 fully saturated rings. The maximum atomic E-state index is 12.7. The van der Waals surface area contributed by atoms with Gasteiger partial charge in [-0.15, -0.1) is 0 Å². The fraction of sp³-hybridized carbons (Fsp3) is 0.231. The van der Waals surface area contributed by atoms with E-state index in [-0.39, 0.29) is 5.57 Å². The number of rotatable bonds is 5. The van der Waals surface area contributed by atoms with Crippen molar-refractivity contribution in [1.82, 2.24) is 4.57 Å². The number of halogens is 1. The minimum atomic E-state index is -0.473. The lowest BCUT2D eigenvalue weighted by molar-refractivity contribution is -0.112. The third-order valence-corrected chi connectivity index (χ3v) is 5.94. The van der Waals surface area contributed by atoms with Crippen LogP contribution in [0.2, 0.25) is 5.02 Å². The van der Waals surface area contributed by atoms with Crippen LogP contribution in [0.25, 0.3) is 11.8 Å². The van der Waals surface area contributed by atoms with E-state index in [4.69, 9.17) is 16.3 Å². The van der Waals surface area contributed by atoms with Gasteiger partial charge in [-0.05, 0) is 74.0 Å². The molecule has 2 heterocycles. The number of nitrogens with zero attached hydrogens (tertiary/aromatic N) is 3. The second-order valence-electron chi connectivity index (χ2n) is 7.91. The van der Waals surface area contributed by atoms with Gasteiger partial charge in [-0.25, -0.2) is 0 Å². The van der Waals surface area contributed by atoms with Gasteiger partial charge < -0.3 is 19.5 Å². The van der Waals surface area contributed by atoms with Crippen LogP contribution in [0, 0.1) is 25.2 Å². The Bertz CT molecular complexity index is 1230. The lowest BCUT2D eigenvalue weighted by atomic mass is 10.1. The lowest BCUT2D eigenvalue weighted by Crippen LogP contribution is -2.36. The molecule has 0 spiro atoms. The number of nitrogens with one attached hydrogen (secondary N) is 1. The molecule has 0 radical (unpaired) electrons. The smallest absolute Gasteiger partial charge is 0.266 e. The number of amides is 1. The van der Waals surface area contributed by atoms with Crippen LogP contribution in [-0.4, -0.2) is 36.8 Å². The fourth-order valence-corrected chi connectivity index (χ4v) is 4.22. The normalized spacial score (nSPS) is 14.1. The minimum absolute atomic E-state index is 0.0258. The average molecular weight is 461 g/mol. The van der Waals surface area contributed by atoms with Gasteiger partial charge in [-0.2, -0.15) is 5.26 Å². The molecule has 0 atom stereocenters. The Labute approximate surface area is 198 Å². The highest BCUT2D eigenvalue weighted by Gasteiger charge is 2.15. The summed E-state index contributed by atoms with van der Waals surface area (Å²) in [7, 11) is 0. The molecule has 1 aromatic heterocycles. The van der Waals surface area contributed by atoms with Crippen LogP contribution < -0.4 is 10.2 Å². The van der Waals surface area contributed by atoms with Gasteiger partial charge in [0.05, 0.1) is 13.2 Å². The number of hydrogen-bond donors (Lipinski definition) is 1. The number of aromatic nitrogens is 1. The summed E-state index contributed by atoms with van der Waals surface area (Å²) < 4.78 is 7.56. The Kier molecular flexibility index (Phi) is 6.83. The Morgan fingerprint density at radius 2 is 1.79 bits per heavy atom. The van der Waals surface area contributed by atoms with Crippen molar-refractivity contribution in [2.45, 2.75) is 13.8 Å². The molecular formula is C26H25ClN4O2. The van der Waals surface area contributed by atoms with Gasteiger partial charge in [0.1, 0.15) is 11.6 Å². The quantitative estimate of drug-likeness (QED) is 0.423. The Balaban J connectivity index is 1.58. The van der Waals surface area contributed by atoms with Crippen molar-refractivity contribution in [2.75, 3.05) is 36.5 Å². The van der Waals surface area contributed by atoms with Crippen molar-refractivity contribution >= 4 is 35.0 Å². The molecule has 168 valence electrons. The van der Waals surface area contributed by atoms with Crippen molar-refractivity contribution in [1.29, 1.82) is 5.26 Å². The van der Waals surface area contributed by atoms with E-state index >= 15 is 0 Å². The van der Waals surface area contributed by atoms with E-state index in [0.717, 1.165) is 48.9 Å². The first kappa shape index (κ1) is 22.7. The third kappa shape index (κ3) is 5.11. The Hall–Kier alpha value is -3.53. The summed E-state index contributed by atoms with van der Waals surface area (Å²) in [4.78, 5) is 15.0. The number of benzene rings is 2. The minimum Gasteiger partial charge on any atom is -0.378 e. The Morgan fingerprint density at radius 1 is 1.09 bits per heavy atom. The van der Waals surface area contributed by atoms with Gasteiger partial charge in [-0.1, -0.05) is 17.7 Å². The summed E-state index contributed by atoms with van der Waals surface area (Å²) in [5.41, 5.74) is 5.57. The largest absolute Gasteiger partial charge is 0.378 e. The van der Waals surface area contributed by atoms with Gasteiger partial charge >= 0.3 is 0 Å². The summed E-state index contributed by atoms with van der Waals surface area (Å²) in [5, 5.41) is 12.8.